The largest absolute Gasteiger partial charge is 0.543 e. The Kier molecular flexibility index (Phi) is 3.15. The van der Waals surface area contributed by atoms with E-state index in [0.717, 1.165) is 11.1 Å². The van der Waals surface area contributed by atoms with E-state index in [9.17, 15) is 5.11 Å². The number of benzene rings is 1. The molecule has 0 amide bonds. The maximum Gasteiger partial charge on any atom is 0.0898 e. The van der Waals surface area contributed by atoms with Crippen LogP contribution in [0.15, 0.2) is 66.0 Å². The van der Waals surface area contributed by atoms with Crippen LogP contribution in [-0.4, -0.2) is 5.11 Å². The van der Waals surface area contributed by atoms with Gasteiger partial charge in [-0.3, -0.25) is 0 Å². The highest BCUT2D eigenvalue weighted by atomic mass is 16.3. The van der Waals surface area contributed by atoms with Crippen LogP contribution in [0.3, 0.4) is 0 Å². The topological polar surface area (TPSA) is 20.2 Å². The van der Waals surface area contributed by atoms with Crippen molar-refractivity contribution in [2.24, 2.45) is 0 Å². The predicted molar refractivity (Wildman–Crippen MR) is 65.6 cm³/mol. The minimum absolute atomic E-state index is 0.101. The highest BCUT2D eigenvalue weighted by Crippen LogP contribution is 2.12. The van der Waals surface area contributed by atoms with Crippen LogP contribution >= 0.6 is 0 Å². The standard InChI is InChI=1S/C15H11O/c16-15(14-9-5-2-6-10-14)12-11-13-7-3-1-4-8-13/h1-10,16H/q-1. The van der Waals surface area contributed by atoms with Crippen LogP contribution < -0.4 is 0 Å². The van der Waals surface area contributed by atoms with Crippen molar-refractivity contribution < 1.29 is 5.11 Å². The molecule has 0 atom stereocenters. The molecule has 78 valence electrons. The first-order valence-electron chi connectivity index (χ1n) is 5.04. The van der Waals surface area contributed by atoms with Crippen molar-refractivity contribution in [2.45, 2.75) is 0 Å². The minimum Gasteiger partial charge on any atom is -0.543 e. The van der Waals surface area contributed by atoms with Crippen LogP contribution in [0.1, 0.15) is 5.56 Å². The van der Waals surface area contributed by atoms with Gasteiger partial charge in [-0.05, 0) is 12.1 Å². The zero-order valence-electron chi connectivity index (χ0n) is 8.72. The molecule has 0 spiro atoms. The van der Waals surface area contributed by atoms with E-state index in [1.807, 2.05) is 61.1 Å². The number of aliphatic hydroxyl groups excluding tert-OH is 1. The van der Waals surface area contributed by atoms with E-state index in [1.165, 1.54) is 0 Å². The zero-order chi connectivity index (χ0) is 11.2. The Balaban J connectivity index is 2.19. The van der Waals surface area contributed by atoms with Gasteiger partial charge in [0.15, 0.2) is 0 Å². The summed E-state index contributed by atoms with van der Waals surface area (Å²) in [5, 5.41) is 9.72. The average Bonchev–Trinajstić information content (AvgIpc) is 2.38. The molecule has 2 rings (SSSR count). The molecule has 0 fully saturated rings. The van der Waals surface area contributed by atoms with Crippen molar-refractivity contribution in [3.63, 3.8) is 0 Å². The summed E-state index contributed by atoms with van der Waals surface area (Å²) in [5.41, 5.74) is 1.64. The van der Waals surface area contributed by atoms with Gasteiger partial charge in [0.05, 0.1) is 5.76 Å². The molecule has 0 saturated carbocycles. The Bertz CT molecular complexity index is 507. The van der Waals surface area contributed by atoms with Gasteiger partial charge in [0.2, 0.25) is 0 Å². The Morgan fingerprint density at radius 1 is 1.12 bits per heavy atom. The molecule has 0 aromatic heterocycles. The lowest BCUT2D eigenvalue weighted by atomic mass is 10.1. The quantitative estimate of drug-likeness (QED) is 0.393. The lowest BCUT2D eigenvalue weighted by Gasteiger charge is -2.10. The van der Waals surface area contributed by atoms with E-state index in [0.29, 0.717) is 0 Å². The molecule has 1 aromatic carbocycles. The number of aliphatic hydroxyl groups is 1. The first-order chi connectivity index (χ1) is 7.86. The molecule has 1 heteroatoms. The highest BCUT2D eigenvalue weighted by Gasteiger charge is 1.91. The number of hydrogen-bond acceptors (Lipinski definition) is 1. The Labute approximate surface area is 95.4 Å². The summed E-state index contributed by atoms with van der Waals surface area (Å²) < 4.78 is 0. The summed E-state index contributed by atoms with van der Waals surface area (Å²) in [6, 6.07) is 9.59. The lowest BCUT2D eigenvalue weighted by Crippen LogP contribution is -1.88. The number of allylic oxidation sites excluding steroid dienone is 6. The molecule has 1 nitrogen and oxygen atoms in total. The second kappa shape index (κ2) is 4.95. The van der Waals surface area contributed by atoms with Crippen LogP contribution in [0.25, 0.3) is 0 Å². The van der Waals surface area contributed by atoms with Crippen LogP contribution in [0.5, 0.6) is 0 Å². The first kappa shape index (κ1) is 10.2. The SMILES string of the molecule is O/C(C#Cc1ccccc1)=C1/C=CC=C[CH-]1. The van der Waals surface area contributed by atoms with Gasteiger partial charge in [0, 0.05) is 5.56 Å². The molecule has 1 aliphatic carbocycles. The summed E-state index contributed by atoms with van der Waals surface area (Å²) in [4.78, 5) is 0. The minimum atomic E-state index is 0.101. The van der Waals surface area contributed by atoms with Crippen molar-refractivity contribution in [1.29, 1.82) is 0 Å². The van der Waals surface area contributed by atoms with Crippen molar-refractivity contribution >= 4 is 0 Å². The Morgan fingerprint density at radius 2 is 1.94 bits per heavy atom. The van der Waals surface area contributed by atoms with E-state index in [1.54, 1.807) is 0 Å². The molecular formula is C15H11O-. The van der Waals surface area contributed by atoms with E-state index in [2.05, 4.69) is 11.8 Å². The number of rotatable bonds is 0. The fraction of sp³-hybridized carbons (Fsp3) is 0. The Hall–Kier alpha value is -2.33. The molecule has 0 unspecified atom stereocenters. The van der Waals surface area contributed by atoms with Crippen LogP contribution in [0, 0.1) is 18.3 Å². The fourth-order valence-electron chi connectivity index (χ4n) is 1.32. The number of hydrogen-bond donors (Lipinski definition) is 1. The van der Waals surface area contributed by atoms with E-state index < -0.39 is 0 Å². The van der Waals surface area contributed by atoms with Crippen molar-refractivity contribution in [1.82, 2.24) is 0 Å². The van der Waals surface area contributed by atoms with Gasteiger partial charge in [-0.15, -0.1) is 30.7 Å². The van der Waals surface area contributed by atoms with Gasteiger partial charge in [0.25, 0.3) is 0 Å². The maximum atomic E-state index is 9.72. The third-order valence-corrected chi connectivity index (χ3v) is 2.15. The summed E-state index contributed by atoms with van der Waals surface area (Å²) in [6.07, 6.45) is 9.30. The predicted octanol–water partition coefficient (Wildman–Crippen LogP) is 3.18. The molecule has 0 aliphatic heterocycles. The summed E-state index contributed by atoms with van der Waals surface area (Å²) >= 11 is 0. The van der Waals surface area contributed by atoms with Gasteiger partial charge in [-0.25, -0.2) is 0 Å². The van der Waals surface area contributed by atoms with Crippen molar-refractivity contribution in [3.8, 4) is 11.8 Å². The molecule has 0 bridgehead atoms. The molecule has 1 aliphatic rings. The third-order valence-electron chi connectivity index (χ3n) is 2.15. The maximum absolute atomic E-state index is 9.72. The van der Waals surface area contributed by atoms with Gasteiger partial charge in [-0.1, -0.05) is 35.6 Å². The molecule has 1 aromatic rings. The van der Waals surface area contributed by atoms with Gasteiger partial charge >= 0.3 is 0 Å². The second-order valence-electron chi connectivity index (χ2n) is 3.33. The lowest BCUT2D eigenvalue weighted by molar-refractivity contribution is 0.434. The molecule has 16 heavy (non-hydrogen) atoms. The highest BCUT2D eigenvalue weighted by molar-refractivity contribution is 5.47. The molecule has 0 radical (unpaired) electrons. The Morgan fingerprint density at radius 3 is 2.62 bits per heavy atom. The van der Waals surface area contributed by atoms with E-state index in [4.69, 9.17) is 0 Å². The summed E-state index contributed by atoms with van der Waals surface area (Å²) in [5.74, 6) is 5.74. The smallest absolute Gasteiger partial charge is 0.0898 e. The van der Waals surface area contributed by atoms with Gasteiger partial charge in [0.1, 0.15) is 0 Å². The normalized spacial score (nSPS) is 16.0. The third kappa shape index (κ3) is 2.59. The molecular weight excluding hydrogens is 196 g/mol. The molecule has 0 saturated heterocycles. The van der Waals surface area contributed by atoms with Crippen LogP contribution in [0.2, 0.25) is 0 Å². The van der Waals surface area contributed by atoms with Crippen LogP contribution in [-0.2, 0) is 0 Å². The van der Waals surface area contributed by atoms with E-state index in [-0.39, 0.29) is 5.76 Å². The van der Waals surface area contributed by atoms with E-state index >= 15 is 0 Å². The van der Waals surface area contributed by atoms with Crippen molar-refractivity contribution in [2.75, 3.05) is 0 Å². The average molecular weight is 207 g/mol. The van der Waals surface area contributed by atoms with Gasteiger partial charge in [-0.2, -0.15) is 0 Å². The van der Waals surface area contributed by atoms with Crippen molar-refractivity contribution in [3.05, 3.63) is 78.0 Å². The fourth-order valence-corrected chi connectivity index (χ4v) is 1.32. The summed E-state index contributed by atoms with van der Waals surface area (Å²) in [7, 11) is 0. The second-order valence-corrected chi connectivity index (χ2v) is 3.33. The zero-order valence-corrected chi connectivity index (χ0v) is 8.72. The van der Waals surface area contributed by atoms with Gasteiger partial charge < -0.3 is 5.11 Å². The first-order valence-corrected chi connectivity index (χ1v) is 5.04. The molecule has 1 N–H and O–H groups in total. The summed E-state index contributed by atoms with van der Waals surface area (Å²) in [6.45, 7) is 0. The van der Waals surface area contributed by atoms with Crippen LogP contribution in [0.4, 0.5) is 0 Å². The monoisotopic (exact) mass is 207 g/mol. The molecule has 0 heterocycles.